The van der Waals surface area contributed by atoms with Crippen LogP contribution in [0.4, 0.5) is 0 Å². The predicted octanol–water partition coefficient (Wildman–Crippen LogP) is 2.57. The van der Waals surface area contributed by atoms with E-state index in [-0.39, 0.29) is 24.3 Å². The normalized spacial score (nSPS) is 10.3. The van der Waals surface area contributed by atoms with Crippen molar-refractivity contribution >= 4 is 28.7 Å². The number of hydrogen-bond acceptors (Lipinski definition) is 5. The number of benzene rings is 2. The first-order chi connectivity index (χ1) is 10.9. The average Bonchev–Trinajstić information content (AvgIpc) is 2.48. The zero-order valence-corrected chi connectivity index (χ0v) is 12.8. The van der Waals surface area contributed by atoms with Crippen molar-refractivity contribution in [2.24, 2.45) is 0 Å². The smallest absolute Gasteiger partial charge is 0.338 e. The van der Waals surface area contributed by atoms with Crippen LogP contribution < -0.4 is 4.74 Å². The van der Waals surface area contributed by atoms with E-state index in [9.17, 15) is 14.4 Å². The predicted molar refractivity (Wildman–Crippen MR) is 82.6 cm³/mol. The van der Waals surface area contributed by atoms with Crippen LogP contribution in [-0.4, -0.2) is 29.6 Å². The van der Waals surface area contributed by atoms with Crippen molar-refractivity contribution in [3.8, 4) is 5.75 Å². The number of rotatable bonds is 5. The Balaban J connectivity index is 2.76. The molecule has 0 atom stereocenters. The topological polar surface area (TPSA) is 89.9 Å². The molecule has 0 radical (unpaired) electrons. The Morgan fingerprint density at radius 3 is 2.35 bits per heavy atom. The van der Waals surface area contributed by atoms with E-state index in [2.05, 4.69) is 0 Å². The van der Waals surface area contributed by atoms with Crippen LogP contribution in [0.15, 0.2) is 30.3 Å². The number of ether oxygens (including phenoxy) is 2. The van der Waals surface area contributed by atoms with Gasteiger partial charge >= 0.3 is 17.9 Å². The summed E-state index contributed by atoms with van der Waals surface area (Å²) in [7, 11) is 0. The quantitative estimate of drug-likeness (QED) is 0.673. The second-order valence-corrected chi connectivity index (χ2v) is 4.83. The van der Waals surface area contributed by atoms with E-state index in [0.717, 1.165) is 0 Å². The number of hydrogen-bond donors (Lipinski definition) is 1. The van der Waals surface area contributed by atoms with Gasteiger partial charge in [0.05, 0.1) is 18.6 Å². The minimum atomic E-state index is -1.07. The van der Waals surface area contributed by atoms with Crippen LogP contribution in [0.3, 0.4) is 0 Å². The molecule has 6 nitrogen and oxygen atoms in total. The van der Waals surface area contributed by atoms with Gasteiger partial charge in [-0.15, -0.1) is 0 Å². The molecule has 2 aromatic carbocycles. The number of esters is 2. The number of aliphatic carboxylic acids is 1. The van der Waals surface area contributed by atoms with Crippen LogP contribution in [0.1, 0.15) is 29.8 Å². The van der Waals surface area contributed by atoms with Gasteiger partial charge in [-0.1, -0.05) is 24.3 Å². The van der Waals surface area contributed by atoms with Crippen LogP contribution in [0, 0.1) is 0 Å². The summed E-state index contributed by atoms with van der Waals surface area (Å²) < 4.78 is 10.1. The molecule has 0 saturated heterocycles. The summed E-state index contributed by atoms with van der Waals surface area (Å²) in [6.07, 6.45) is -0.338. The molecule has 1 N–H and O–H groups in total. The second-order valence-electron chi connectivity index (χ2n) is 4.83. The fraction of sp³-hybridized carbons (Fsp3) is 0.235. The van der Waals surface area contributed by atoms with Gasteiger partial charge < -0.3 is 14.6 Å². The lowest BCUT2D eigenvalue weighted by molar-refractivity contribution is -0.136. The SMILES string of the molecule is CCOC(=O)c1cc(OC(C)=O)c2ccccc2c1CC(=O)O. The maximum atomic E-state index is 12.2. The van der Waals surface area contributed by atoms with Gasteiger partial charge in [0, 0.05) is 12.3 Å². The Hall–Kier alpha value is -2.89. The van der Waals surface area contributed by atoms with Gasteiger partial charge in [0.25, 0.3) is 0 Å². The number of carboxylic acids is 1. The molecule has 2 aromatic rings. The highest BCUT2D eigenvalue weighted by Crippen LogP contribution is 2.32. The van der Waals surface area contributed by atoms with Gasteiger partial charge in [0.2, 0.25) is 0 Å². The summed E-state index contributed by atoms with van der Waals surface area (Å²) in [5, 5.41) is 10.2. The third-order valence-electron chi connectivity index (χ3n) is 3.20. The first-order valence-corrected chi connectivity index (χ1v) is 7.06. The lowest BCUT2D eigenvalue weighted by Gasteiger charge is -2.14. The van der Waals surface area contributed by atoms with E-state index in [1.54, 1.807) is 31.2 Å². The molecular formula is C17H16O6. The number of carbonyl (C=O) groups excluding carboxylic acids is 2. The fourth-order valence-corrected chi connectivity index (χ4v) is 2.37. The molecule has 0 saturated carbocycles. The van der Waals surface area contributed by atoms with Gasteiger partial charge in [-0.3, -0.25) is 9.59 Å². The largest absolute Gasteiger partial charge is 0.481 e. The molecule has 0 aliphatic heterocycles. The molecule has 0 spiro atoms. The molecule has 0 aliphatic rings. The minimum Gasteiger partial charge on any atom is -0.481 e. The lowest BCUT2D eigenvalue weighted by atomic mass is 9.95. The number of carboxylic acid groups (broad SMARTS) is 1. The molecule has 0 amide bonds. The molecule has 120 valence electrons. The van der Waals surface area contributed by atoms with Crippen LogP contribution in [0.5, 0.6) is 5.75 Å². The standard InChI is InChI=1S/C17H16O6/c1-3-22-17(21)14-8-15(23-10(2)18)12-7-5-4-6-11(12)13(14)9-16(19)20/h4-8H,3,9H2,1-2H3,(H,19,20). The number of carbonyl (C=O) groups is 3. The van der Waals surface area contributed by atoms with E-state index in [0.29, 0.717) is 16.3 Å². The molecular weight excluding hydrogens is 300 g/mol. The molecule has 0 fully saturated rings. The molecule has 0 heterocycles. The highest BCUT2D eigenvalue weighted by molar-refractivity contribution is 6.03. The maximum Gasteiger partial charge on any atom is 0.338 e. The third kappa shape index (κ3) is 3.66. The van der Waals surface area contributed by atoms with Crippen LogP contribution in [-0.2, 0) is 20.7 Å². The first kappa shape index (κ1) is 16.5. The molecule has 6 heteroatoms. The Labute approximate surface area is 132 Å². The number of fused-ring (bicyclic) bond motifs is 1. The van der Waals surface area contributed by atoms with Gasteiger partial charge in [-0.05, 0) is 23.9 Å². The van der Waals surface area contributed by atoms with E-state index < -0.39 is 17.9 Å². The molecule has 0 bridgehead atoms. The van der Waals surface area contributed by atoms with Crippen LogP contribution >= 0.6 is 0 Å². The van der Waals surface area contributed by atoms with Gasteiger partial charge in [0.1, 0.15) is 5.75 Å². The van der Waals surface area contributed by atoms with Crippen LogP contribution in [0.2, 0.25) is 0 Å². The van der Waals surface area contributed by atoms with Gasteiger partial charge in [-0.25, -0.2) is 4.79 Å². The minimum absolute atomic E-state index is 0.0872. The van der Waals surface area contributed by atoms with E-state index in [1.165, 1.54) is 13.0 Å². The van der Waals surface area contributed by atoms with E-state index in [1.807, 2.05) is 0 Å². The first-order valence-electron chi connectivity index (χ1n) is 7.06. The zero-order valence-electron chi connectivity index (χ0n) is 12.8. The van der Waals surface area contributed by atoms with Crippen molar-refractivity contribution in [2.75, 3.05) is 6.61 Å². The van der Waals surface area contributed by atoms with E-state index in [4.69, 9.17) is 14.6 Å². The van der Waals surface area contributed by atoms with Crippen LogP contribution in [0.25, 0.3) is 10.8 Å². The Bertz CT molecular complexity index is 778. The Morgan fingerprint density at radius 1 is 1.13 bits per heavy atom. The fourth-order valence-electron chi connectivity index (χ4n) is 2.37. The molecule has 0 unspecified atom stereocenters. The third-order valence-corrected chi connectivity index (χ3v) is 3.20. The van der Waals surface area contributed by atoms with Gasteiger partial charge in [0.15, 0.2) is 0 Å². The zero-order chi connectivity index (χ0) is 17.0. The van der Waals surface area contributed by atoms with E-state index >= 15 is 0 Å². The summed E-state index contributed by atoms with van der Waals surface area (Å²) in [5.74, 6) is -2.05. The molecule has 0 aromatic heterocycles. The molecule has 0 aliphatic carbocycles. The van der Waals surface area contributed by atoms with Crippen molar-refractivity contribution in [2.45, 2.75) is 20.3 Å². The summed E-state index contributed by atoms with van der Waals surface area (Å²) in [4.78, 5) is 34.6. The summed E-state index contributed by atoms with van der Waals surface area (Å²) in [6, 6.07) is 8.21. The molecule has 2 rings (SSSR count). The summed E-state index contributed by atoms with van der Waals surface area (Å²) in [5.41, 5.74) is 0.423. The lowest BCUT2D eigenvalue weighted by Crippen LogP contribution is -2.13. The van der Waals surface area contributed by atoms with Crippen molar-refractivity contribution in [1.29, 1.82) is 0 Å². The second kappa shape index (κ2) is 6.91. The summed E-state index contributed by atoms with van der Waals surface area (Å²) >= 11 is 0. The maximum absolute atomic E-state index is 12.2. The van der Waals surface area contributed by atoms with Gasteiger partial charge in [-0.2, -0.15) is 0 Å². The monoisotopic (exact) mass is 316 g/mol. The highest BCUT2D eigenvalue weighted by atomic mass is 16.5. The molecule has 23 heavy (non-hydrogen) atoms. The van der Waals surface area contributed by atoms with Crippen molar-refractivity contribution in [3.63, 3.8) is 0 Å². The highest BCUT2D eigenvalue weighted by Gasteiger charge is 2.21. The average molecular weight is 316 g/mol. The Morgan fingerprint density at radius 2 is 1.78 bits per heavy atom. The Kier molecular flexibility index (Phi) is 4.95. The van der Waals surface area contributed by atoms with Crippen molar-refractivity contribution < 1.29 is 29.0 Å². The van der Waals surface area contributed by atoms with Crippen molar-refractivity contribution in [1.82, 2.24) is 0 Å². The summed E-state index contributed by atoms with van der Waals surface area (Å²) in [6.45, 7) is 3.06. The van der Waals surface area contributed by atoms with Crippen molar-refractivity contribution in [3.05, 3.63) is 41.5 Å².